The van der Waals surface area contributed by atoms with Crippen LogP contribution in [0.5, 0.6) is 0 Å². The Kier molecular flexibility index (Phi) is 4.68. The third-order valence-electron chi connectivity index (χ3n) is 2.36. The number of aryl methyl sites for hydroxylation is 1. The van der Waals surface area contributed by atoms with Crippen molar-refractivity contribution >= 4 is 11.9 Å². The molecule has 17 heavy (non-hydrogen) atoms. The van der Waals surface area contributed by atoms with E-state index in [4.69, 9.17) is 5.11 Å². The molecule has 1 aromatic rings. The number of carboxylic acid groups (broad SMARTS) is 1. The van der Waals surface area contributed by atoms with E-state index in [0.29, 0.717) is 12.0 Å². The summed E-state index contributed by atoms with van der Waals surface area (Å²) >= 11 is 0. The fraction of sp³-hybridized carbons (Fsp3) is 0.545. The van der Waals surface area contributed by atoms with E-state index in [-0.39, 0.29) is 18.4 Å². The summed E-state index contributed by atoms with van der Waals surface area (Å²) in [6.45, 7) is 1.95. The van der Waals surface area contributed by atoms with E-state index in [2.05, 4.69) is 10.4 Å². The highest BCUT2D eigenvalue weighted by molar-refractivity contribution is 5.94. The molecule has 0 aliphatic heterocycles. The Labute approximate surface area is 99.6 Å². The van der Waals surface area contributed by atoms with Crippen molar-refractivity contribution in [2.24, 2.45) is 7.05 Å². The zero-order valence-electron chi connectivity index (χ0n) is 10.0. The maximum atomic E-state index is 11.8. The van der Waals surface area contributed by atoms with Crippen molar-refractivity contribution in [2.45, 2.75) is 32.2 Å². The van der Waals surface area contributed by atoms with E-state index >= 15 is 0 Å². The number of hydrogen-bond acceptors (Lipinski definition) is 3. The first kappa shape index (κ1) is 13.2. The summed E-state index contributed by atoms with van der Waals surface area (Å²) in [6.07, 6.45) is 4.47. The molecule has 94 valence electrons. The molecule has 1 aromatic heterocycles. The number of aliphatic carboxylic acids is 1. The number of carbonyl (C=O) groups is 2. The Balaban J connectivity index is 2.60. The number of amides is 1. The van der Waals surface area contributed by atoms with Crippen LogP contribution in [0.1, 0.15) is 36.5 Å². The van der Waals surface area contributed by atoms with Crippen LogP contribution in [0.2, 0.25) is 0 Å². The summed E-state index contributed by atoms with van der Waals surface area (Å²) < 4.78 is 1.53. The van der Waals surface area contributed by atoms with Gasteiger partial charge in [-0.3, -0.25) is 14.3 Å². The average molecular weight is 239 g/mol. The first-order valence-corrected chi connectivity index (χ1v) is 5.54. The topological polar surface area (TPSA) is 84.2 Å². The second kappa shape index (κ2) is 6.03. The minimum Gasteiger partial charge on any atom is -0.481 e. The number of carboxylic acids is 1. The van der Waals surface area contributed by atoms with Crippen molar-refractivity contribution in [1.29, 1.82) is 0 Å². The van der Waals surface area contributed by atoms with Crippen LogP contribution >= 0.6 is 0 Å². The average Bonchev–Trinajstić information content (AvgIpc) is 2.64. The highest BCUT2D eigenvalue weighted by Crippen LogP contribution is 2.04. The van der Waals surface area contributed by atoms with E-state index in [1.165, 1.54) is 10.9 Å². The van der Waals surface area contributed by atoms with E-state index in [1.807, 2.05) is 6.92 Å². The molecular formula is C11H17N3O3. The van der Waals surface area contributed by atoms with Crippen molar-refractivity contribution in [3.8, 4) is 0 Å². The molecule has 0 radical (unpaired) electrons. The monoisotopic (exact) mass is 239 g/mol. The lowest BCUT2D eigenvalue weighted by Gasteiger charge is -2.15. The van der Waals surface area contributed by atoms with Gasteiger partial charge in [0.25, 0.3) is 5.91 Å². The number of aromatic nitrogens is 2. The van der Waals surface area contributed by atoms with E-state index < -0.39 is 5.97 Å². The molecule has 0 aromatic carbocycles. The van der Waals surface area contributed by atoms with Crippen LogP contribution in [0, 0.1) is 0 Å². The van der Waals surface area contributed by atoms with Crippen molar-refractivity contribution < 1.29 is 14.7 Å². The summed E-state index contributed by atoms with van der Waals surface area (Å²) in [5, 5.41) is 15.3. The lowest BCUT2D eigenvalue weighted by molar-refractivity contribution is -0.137. The molecule has 1 rings (SSSR count). The van der Waals surface area contributed by atoms with E-state index in [1.54, 1.807) is 13.2 Å². The van der Waals surface area contributed by atoms with Gasteiger partial charge in [-0.15, -0.1) is 0 Å². The lowest BCUT2D eigenvalue weighted by Crippen LogP contribution is -2.36. The zero-order valence-corrected chi connectivity index (χ0v) is 10.0. The van der Waals surface area contributed by atoms with Crippen LogP contribution in [0.25, 0.3) is 0 Å². The number of nitrogens with zero attached hydrogens (tertiary/aromatic N) is 2. The standard InChI is InChI=1S/C11H17N3O3/c1-3-4-9(5-10(15)16)13-11(17)8-6-12-14(2)7-8/h6-7,9H,3-5H2,1-2H3,(H,13,17)(H,15,16). The first-order valence-electron chi connectivity index (χ1n) is 5.54. The van der Waals surface area contributed by atoms with Gasteiger partial charge in [-0.05, 0) is 6.42 Å². The maximum absolute atomic E-state index is 11.8. The van der Waals surface area contributed by atoms with Gasteiger partial charge in [0.05, 0.1) is 18.2 Å². The molecule has 1 heterocycles. The molecule has 0 saturated heterocycles. The minimum atomic E-state index is -0.907. The quantitative estimate of drug-likeness (QED) is 0.768. The van der Waals surface area contributed by atoms with Gasteiger partial charge in [-0.1, -0.05) is 13.3 Å². The SMILES string of the molecule is CCCC(CC(=O)O)NC(=O)c1cnn(C)c1. The van der Waals surface area contributed by atoms with Crippen LogP contribution in [-0.2, 0) is 11.8 Å². The fourth-order valence-corrected chi connectivity index (χ4v) is 1.59. The summed E-state index contributed by atoms with van der Waals surface area (Å²) in [5.41, 5.74) is 0.444. The number of nitrogens with one attached hydrogen (secondary N) is 1. The molecule has 0 spiro atoms. The van der Waals surface area contributed by atoms with Gasteiger partial charge in [-0.2, -0.15) is 5.10 Å². The molecule has 1 amide bonds. The first-order chi connectivity index (χ1) is 8.02. The molecule has 0 fully saturated rings. The van der Waals surface area contributed by atoms with Crippen molar-refractivity contribution in [2.75, 3.05) is 0 Å². The molecule has 0 saturated carbocycles. The van der Waals surface area contributed by atoms with Crippen molar-refractivity contribution in [3.63, 3.8) is 0 Å². The Morgan fingerprint density at radius 3 is 2.76 bits per heavy atom. The predicted molar refractivity (Wildman–Crippen MR) is 61.6 cm³/mol. The van der Waals surface area contributed by atoms with Gasteiger partial charge in [0, 0.05) is 19.3 Å². The molecule has 6 heteroatoms. The van der Waals surface area contributed by atoms with Gasteiger partial charge < -0.3 is 10.4 Å². The Bertz CT molecular complexity index is 400. The molecule has 0 aliphatic carbocycles. The largest absolute Gasteiger partial charge is 0.481 e. The van der Waals surface area contributed by atoms with Crippen LogP contribution in [0.3, 0.4) is 0 Å². The summed E-state index contributed by atoms with van der Waals surface area (Å²) in [4.78, 5) is 22.4. The van der Waals surface area contributed by atoms with Crippen LogP contribution in [-0.4, -0.2) is 32.8 Å². The highest BCUT2D eigenvalue weighted by atomic mass is 16.4. The van der Waals surface area contributed by atoms with Gasteiger partial charge in [0.2, 0.25) is 0 Å². The summed E-state index contributed by atoms with van der Waals surface area (Å²) in [6, 6.07) is -0.329. The van der Waals surface area contributed by atoms with E-state index in [0.717, 1.165) is 6.42 Å². The lowest BCUT2D eigenvalue weighted by atomic mass is 10.1. The maximum Gasteiger partial charge on any atom is 0.305 e. The molecule has 1 atom stereocenters. The predicted octanol–water partition coefficient (Wildman–Crippen LogP) is 0.793. The van der Waals surface area contributed by atoms with Crippen molar-refractivity contribution in [1.82, 2.24) is 15.1 Å². The summed E-state index contributed by atoms with van der Waals surface area (Å²) in [5.74, 6) is -1.19. The Hall–Kier alpha value is -1.85. The minimum absolute atomic E-state index is 0.0557. The molecular weight excluding hydrogens is 222 g/mol. The number of rotatable bonds is 6. The number of carbonyl (C=O) groups excluding carboxylic acids is 1. The van der Waals surface area contributed by atoms with Crippen LogP contribution in [0.15, 0.2) is 12.4 Å². The molecule has 6 nitrogen and oxygen atoms in total. The third-order valence-corrected chi connectivity index (χ3v) is 2.36. The van der Waals surface area contributed by atoms with Crippen LogP contribution in [0.4, 0.5) is 0 Å². The molecule has 0 bridgehead atoms. The van der Waals surface area contributed by atoms with E-state index in [9.17, 15) is 9.59 Å². The second-order valence-electron chi connectivity index (χ2n) is 3.96. The normalized spacial score (nSPS) is 12.1. The van der Waals surface area contributed by atoms with Gasteiger partial charge in [0.15, 0.2) is 0 Å². The van der Waals surface area contributed by atoms with Crippen LogP contribution < -0.4 is 5.32 Å². The number of hydrogen-bond donors (Lipinski definition) is 2. The smallest absolute Gasteiger partial charge is 0.305 e. The summed E-state index contributed by atoms with van der Waals surface area (Å²) in [7, 11) is 1.72. The zero-order chi connectivity index (χ0) is 12.8. The second-order valence-corrected chi connectivity index (χ2v) is 3.96. The van der Waals surface area contributed by atoms with Crippen molar-refractivity contribution in [3.05, 3.63) is 18.0 Å². The molecule has 1 unspecified atom stereocenters. The van der Waals surface area contributed by atoms with Gasteiger partial charge in [-0.25, -0.2) is 0 Å². The Morgan fingerprint density at radius 2 is 2.29 bits per heavy atom. The molecule has 2 N–H and O–H groups in total. The Morgan fingerprint density at radius 1 is 1.59 bits per heavy atom. The molecule has 0 aliphatic rings. The fourth-order valence-electron chi connectivity index (χ4n) is 1.59. The third kappa shape index (κ3) is 4.26. The highest BCUT2D eigenvalue weighted by Gasteiger charge is 2.16. The van der Waals surface area contributed by atoms with Gasteiger partial charge in [0.1, 0.15) is 0 Å². The van der Waals surface area contributed by atoms with Gasteiger partial charge >= 0.3 is 5.97 Å².